The smallest absolute Gasteiger partial charge is 0.339 e. The van der Waals surface area contributed by atoms with Gasteiger partial charge in [-0.15, -0.1) is 0 Å². The monoisotopic (exact) mass is 343 g/mol. The maximum Gasteiger partial charge on any atom is 0.339 e. The molecule has 2 aromatic carbocycles. The third-order valence-corrected chi connectivity index (χ3v) is 4.02. The van der Waals surface area contributed by atoms with E-state index >= 15 is 0 Å². The molecule has 0 saturated heterocycles. The van der Waals surface area contributed by atoms with Crippen molar-refractivity contribution >= 4 is 22.2 Å². The molecule has 0 unspecified atom stereocenters. The number of hydrazone groups is 1. The summed E-state index contributed by atoms with van der Waals surface area (Å²) < 4.78 is 29.2. The number of carbonyl (C=O) groups is 1. The number of amides is 1. The summed E-state index contributed by atoms with van der Waals surface area (Å²) in [6.45, 7) is 0. The van der Waals surface area contributed by atoms with Gasteiger partial charge >= 0.3 is 10.1 Å². The lowest BCUT2D eigenvalue weighted by molar-refractivity contribution is -0.120. The molecule has 0 radical (unpaired) electrons. The van der Waals surface area contributed by atoms with Crippen molar-refractivity contribution in [3.63, 3.8) is 0 Å². The van der Waals surface area contributed by atoms with Crippen molar-refractivity contribution in [1.82, 2.24) is 5.43 Å². The predicted octanol–water partition coefficient (Wildman–Crippen LogP) is 1.82. The third-order valence-electron chi connectivity index (χ3n) is 2.76. The van der Waals surface area contributed by atoms with Gasteiger partial charge in [0, 0.05) is 0 Å². The molecule has 0 aliphatic heterocycles. The van der Waals surface area contributed by atoms with Crippen molar-refractivity contribution in [1.29, 1.82) is 5.26 Å². The molecule has 7 nitrogen and oxygen atoms in total. The number of rotatable bonds is 6. The zero-order valence-electron chi connectivity index (χ0n) is 12.4. The highest BCUT2D eigenvalue weighted by molar-refractivity contribution is 7.87. The van der Waals surface area contributed by atoms with Crippen LogP contribution in [0.15, 0.2) is 64.6 Å². The van der Waals surface area contributed by atoms with E-state index in [-0.39, 0.29) is 17.1 Å². The minimum atomic E-state index is -3.88. The first kappa shape index (κ1) is 17.2. The standard InChI is InChI=1S/C16H13N3O4S/c17-11-10-16(20)19-18-12-13-6-8-14(9-7-13)23-24(21,22)15-4-2-1-3-5-15/h1-9,12H,10H2,(H,19,20)/b18-12+. The van der Waals surface area contributed by atoms with Gasteiger partial charge < -0.3 is 4.18 Å². The van der Waals surface area contributed by atoms with Crippen molar-refractivity contribution in [3.8, 4) is 11.8 Å². The van der Waals surface area contributed by atoms with Gasteiger partial charge in [-0.3, -0.25) is 4.79 Å². The Labute approximate surface area is 139 Å². The van der Waals surface area contributed by atoms with Crippen LogP contribution in [0.1, 0.15) is 12.0 Å². The van der Waals surface area contributed by atoms with Crippen LogP contribution >= 0.6 is 0 Å². The second kappa shape index (κ2) is 7.89. The molecule has 0 saturated carbocycles. The molecule has 1 N–H and O–H groups in total. The second-order valence-corrected chi connectivity index (χ2v) is 6.09. The van der Waals surface area contributed by atoms with Crippen LogP contribution in [0, 0.1) is 11.3 Å². The van der Waals surface area contributed by atoms with Crippen LogP contribution < -0.4 is 9.61 Å². The van der Waals surface area contributed by atoms with Crippen LogP contribution in [-0.2, 0) is 14.9 Å². The Hall–Kier alpha value is -3.18. The van der Waals surface area contributed by atoms with Gasteiger partial charge in [-0.2, -0.15) is 18.8 Å². The van der Waals surface area contributed by atoms with E-state index in [0.717, 1.165) is 0 Å². The Bertz CT molecular complexity index is 870. The molecule has 122 valence electrons. The van der Waals surface area contributed by atoms with Gasteiger partial charge in [0.25, 0.3) is 5.91 Å². The van der Waals surface area contributed by atoms with Crippen LogP contribution in [0.2, 0.25) is 0 Å². The maximum absolute atomic E-state index is 12.1. The molecule has 0 aliphatic carbocycles. The molecule has 0 aliphatic rings. The first-order valence-corrected chi connectivity index (χ1v) is 8.20. The minimum absolute atomic E-state index is 0.0656. The number of carbonyl (C=O) groups excluding carboxylic acids is 1. The van der Waals surface area contributed by atoms with Gasteiger partial charge in [-0.25, -0.2) is 5.43 Å². The van der Waals surface area contributed by atoms with Gasteiger partial charge in [0.2, 0.25) is 0 Å². The Morgan fingerprint density at radius 1 is 1.17 bits per heavy atom. The molecule has 24 heavy (non-hydrogen) atoms. The number of hydrogen-bond donors (Lipinski definition) is 1. The SMILES string of the molecule is N#CCC(=O)N/N=C/c1ccc(OS(=O)(=O)c2ccccc2)cc1. The van der Waals surface area contributed by atoms with Crippen LogP contribution in [-0.4, -0.2) is 20.5 Å². The van der Waals surface area contributed by atoms with E-state index in [1.54, 1.807) is 36.4 Å². The fourth-order valence-corrected chi connectivity index (χ4v) is 2.61. The molecule has 0 aromatic heterocycles. The Morgan fingerprint density at radius 2 is 1.83 bits per heavy atom. The van der Waals surface area contributed by atoms with Crippen molar-refractivity contribution in [2.24, 2.45) is 5.10 Å². The van der Waals surface area contributed by atoms with E-state index in [9.17, 15) is 13.2 Å². The van der Waals surface area contributed by atoms with Gasteiger partial charge in [0.15, 0.2) is 0 Å². The van der Waals surface area contributed by atoms with Crippen LogP contribution in [0.25, 0.3) is 0 Å². The molecule has 1 amide bonds. The largest absolute Gasteiger partial charge is 0.379 e. The summed E-state index contributed by atoms with van der Waals surface area (Å²) in [5.74, 6) is -0.354. The van der Waals surface area contributed by atoms with E-state index in [1.165, 1.54) is 30.5 Å². The zero-order chi connectivity index (χ0) is 17.4. The fourth-order valence-electron chi connectivity index (χ4n) is 1.66. The van der Waals surface area contributed by atoms with Gasteiger partial charge in [-0.05, 0) is 42.0 Å². The lowest BCUT2D eigenvalue weighted by Crippen LogP contribution is -2.16. The average Bonchev–Trinajstić information content (AvgIpc) is 2.57. The summed E-state index contributed by atoms with van der Waals surface area (Å²) in [5.41, 5.74) is 2.81. The van der Waals surface area contributed by atoms with Crippen molar-refractivity contribution in [2.75, 3.05) is 0 Å². The number of benzene rings is 2. The molecule has 0 atom stereocenters. The number of hydrogen-bond acceptors (Lipinski definition) is 6. The number of nitrogens with one attached hydrogen (secondary N) is 1. The van der Waals surface area contributed by atoms with E-state index in [0.29, 0.717) is 5.56 Å². The summed E-state index contributed by atoms with van der Waals surface area (Å²) in [7, 11) is -3.88. The summed E-state index contributed by atoms with van der Waals surface area (Å²) >= 11 is 0. The highest BCUT2D eigenvalue weighted by Gasteiger charge is 2.15. The molecule has 0 spiro atoms. The lowest BCUT2D eigenvalue weighted by Gasteiger charge is -2.06. The molecule has 2 rings (SSSR count). The molecule has 0 heterocycles. The molecular weight excluding hydrogens is 330 g/mol. The van der Waals surface area contributed by atoms with Crippen LogP contribution in [0.3, 0.4) is 0 Å². The summed E-state index contributed by atoms with van der Waals surface area (Å²) in [6, 6.07) is 15.6. The molecule has 0 fully saturated rings. The Kier molecular flexibility index (Phi) is 5.65. The van der Waals surface area contributed by atoms with E-state index in [4.69, 9.17) is 9.44 Å². The average molecular weight is 343 g/mol. The molecule has 2 aromatic rings. The van der Waals surface area contributed by atoms with Crippen LogP contribution in [0.4, 0.5) is 0 Å². The van der Waals surface area contributed by atoms with E-state index < -0.39 is 16.0 Å². The predicted molar refractivity (Wildman–Crippen MR) is 86.7 cm³/mol. The van der Waals surface area contributed by atoms with Gasteiger partial charge in [-0.1, -0.05) is 18.2 Å². The summed E-state index contributed by atoms with van der Waals surface area (Å²) in [6.07, 6.45) is 1.09. The quantitative estimate of drug-likeness (QED) is 0.489. The van der Waals surface area contributed by atoms with Crippen molar-refractivity contribution < 1.29 is 17.4 Å². The molecular formula is C16H13N3O4S. The second-order valence-electron chi connectivity index (χ2n) is 4.55. The highest BCUT2D eigenvalue weighted by Crippen LogP contribution is 2.18. The van der Waals surface area contributed by atoms with Crippen LogP contribution in [0.5, 0.6) is 5.75 Å². The highest BCUT2D eigenvalue weighted by atomic mass is 32.2. The first-order chi connectivity index (χ1) is 11.5. The topological polar surface area (TPSA) is 109 Å². The third kappa shape index (κ3) is 4.93. The number of nitriles is 1. The van der Waals surface area contributed by atoms with Gasteiger partial charge in [0.1, 0.15) is 17.1 Å². The van der Waals surface area contributed by atoms with Crippen molar-refractivity contribution in [2.45, 2.75) is 11.3 Å². The van der Waals surface area contributed by atoms with E-state index in [2.05, 4.69) is 10.5 Å². The van der Waals surface area contributed by atoms with E-state index in [1.807, 2.05) is 0 Å². The maximum atomic E-state index is 12.1. The molecule has 0 bridgehead atoms. The van der Waals surface area contributed by atoms with Gasteiger partial charge in [0.05, 0.1) is 12.3 Å². The first-order valence-electron chi connectivity index (χ1n) is 6.80. The van der Waals surface area contributed by atoms with Crippen molar-refractivity contribution in [3.05, 3.63) is 60.2 Å². The minimum Gasteiger partial charge on any atom is -0.379 e. The normalized spacial score (nSPS) is 11.0. The zero-order valence-corrected chi connectivity index (χ0v) is 13.2. The Morgan fingerprint density at radius 3 is 2.46 bits per heavy atom. The fraction of sp³-hybridized carbons (Fsp3) is 0.0625. The molecule has 8 heteroatoms. The Balaban J connectivity index is 2.01. The lowest BCUT2D eigenvalue weighted by atomic mass is 10.2. The summed E-state index contributed by atoms with van der Waals surface area (Å²) in [5, 5.41) is 12.0. The summed E-state index contributed by atoms with van der Waals surface area (Å²) in [4.78, 5) is 11.1. The number of nitrogens with zero attached hydrogens (tertiary/aromatic N) is 2.